The van der Waals surface area contributed by atoms with E-state index in [1.54, 1.807) is 6.07 Å². The van der Waals surface area contributed by atoms with Gasteiger partial charge in [0.1, 0.15) is 0 Å². The number of ether oxygens (including phenoxy) is 1. The Morgan fingerprint density at radius 1 is 1.22 bits per heavy atom. The number of alkyl halides is 3. The Morgan fingerprint density at radius 3 is 2.44 bits per heavy atom. The molecule has 1 aromatic carbocycles. The lowest BCUT2D eigenvalue weighted by atomic mass is 9.88. The van der Waals surface area contributed by atoms with E-state index in [1.165, 1.54) is 24.3 Å². The van der Waals surface area contributed by atoms with Gasteiger partial charge in [0.2, 0.25) is 0 Å². The highest BCUT2D eigenvalue weighted by molar-refractivity contribution is 7.89. The summed E-state index contributed by atoms with van der Waals surface area (Å²) in [6, 6.07) is 5.82. The van der Waals surface area contributed by atoms with Crippen molar-refractivity contribution in [3.63, 3.8) is 0 Å². The summed E-state index contributed by atoms with van der Waals surface area (Å²) >= 11 is 0. The normalized spacial score (nSPS) is 22.9. The number of rotatable bonds is 4. The molecule has 1 aromatic rings. The van der Waals surface area contributed by atoms with E-state index in [2.05, 4.69) is 10.2 Å². The molecule has 0 saturated carbocycles. The Labute approximate surface area is 154 Å². The monoisotopic (exact) mass is 408 g/mol. The number of hydrogen-bond acceptors (Lipinski definition) is 6. The molecule has 2 heterocycles. The van der Waals surface area contributed by atoms with E-state index in [9.17, 15) is 26.4 Å². The number of carbonyl (C=O) groups excluding carboxylic acids is 1. The first-order valence-electron chi connectivity index (χ1n) is 8.37. The maximum absolute atomic E-state index is 12.9. The zero-order chi connectivity index (χ0) is 19.7. The van der Waals surface area contributed by atoms with Crippen molar-refractivity contribution in [3.05, 3.63) is 30.3 Å². The van der Waals surface area contributed by atoms with Crippen LogP contribution in [-0.4, -0.2) is 56.4 Å². The molecule has 2 saturated heterocycles. The fraction of sp³-hybridized carbons (Fsp3) is 0.562. The van der Waals surface area contributed by atoms with Crippen LogP contribution < -0.4 is 5.32 Å². The maximum atomic E-state index is 12.9. The van der Waals surface area contributed by atoms with E-state index in [0.29, 0.717) is 25.9 Å². The highest BCUT2D eigenvalue weighted by atomic mass is 32.2. The summed E-state index contributed by atoms with van der Waals surface area (Å²) in [5.74, 6) is -2.59. The first-order valence-corrected chi connectivity index (χ1v) is 9.81. The first-order chi connectivity index (χ1) is 12.6. The molecule has 150 valence electrons. The third kappa shape index (κ3) is 4.26. The highest BCUT2D eigenvalue weighted by Gasteiger charge is 2.51. The van der Waals surface area contributed by atoms with Crippen molar-refractivity contribution in [3.8, 4) is 0 Å². The van der Waals surface area contributed by atoms with Crippen molar-refractivity contribution in [2.75, 3.05) is 19.7 Å². The number of sulfonamides is 1. The second-order valence-electron chi connectivity index (χ2n) is 6.55. The SMILES string of the molecule is O=C(ON([C@@H]1COC2(CCNCC2)C1)S(=O)(=O)c1ccccc1)C(F)(F)F. The van der Waals surface area contributed by atoms with Gasteiger partial charge in [-0.3, -0.25) is 0 Å². The summed E-state index contributed by atoms with van der Waals surface area (Å²) in [4.78, 5) is 15.4. The van der Waals surface area contributed by atoms with Gasteiger partial charge in [0.25, 0.3) is 10.0 Å². The summed E-state index contributed by atoms with van der Waals surface area (Å²) in [6.45, 7) is 1.15. The van der Waals surface area contributed by atoms with Gasteiger partial charge in [0, 0.05) is 0 Å². The zero-order valence-electron chi connectivity index (χ0n) is 14.2. The molecule has 7 nitrogen and oxygen atoms in total. The minimum atomic E-state index is -5.32. The Bertz CT molecular complexity index is 779. The molecule has 2 aliphatic rings. The molecule has 2 fully saturated rings. The largest absolute Gasteiger partial charge is 0.492 e. The van der Waals surface area contributed by atoms with Crippen LogP contribution in [-0.2, 0) is 24.4 Å². The third-order valence-electron chi connectivity index (χ3n) is 4.68. The van der Waals surface area contributed by atoms with Crippen molar-refractivity contribution >= 4 is 16.0 Å². The van der Waals surface area contributed by atoms with Gasteiger partial charge in [-0.1, -0.05) is 18.2 Å². The second-order valence-corrected chi connectivity index (χ2v) is 8.33. The van der Waals surface area contributed by atoms with Crippen molar-refractivity contribution in [2.45, 2.75) is 42.0 Å². The van der Waals surface area contributed by atoms with Crippen molar-refractivity contribution in [1.82, 2.24) is 9.79 Å². The van der Waals surface area contributed by atoms with E-state index >= 15 is 0 Å². The molecular weight excluding hydrogens is 389 g/mol. The van der Waals surface area contributed by atoms with Crippen LogP contribution in [0.3, 0.4) is 0 Å². The van der Waals surface area contributed by atoms with E-state index < -0.39 is 33.8 Å². The van der Waals surface area contributed by atoms with Crippen LogP contribution in [0.5, 0.6) is 0 Å². The summed E-state index contributed by atoms with van der Waals surface area (Å²) in [7, 11) is -4.50. The number of hydrogen-bond donors (Lipinski definition) is 1. The van der Waals surface area contributed by atoms with Gasteiger partial charge in [-0.2, -0.15) is 13.2 Å². The Balaban J connectivity index is 1.90. The molecule has 0 aromatic heterocycles. The van der Waals surface area contributed by atoms with Gasteiger partial charge in [0.15, 0.2) is 0 Å². The molecule has 27 heavy (non-hydrogen) atoms. The van der Waals surface area contributed by atoms with Crippen LogP contribution in [0.1, 0.15) is 19.3 Å². The molecule has 0 bridgehead atoms. The zero-order valence-corrected chi connectivity index (χ0v) is 15.1. The molecule has 2 aliphatic heterocycles. The number of carbonyl (C=O) groups is 1. The van der Waals surface area contributed by atoms with Gasteiger partial charge < -0.3 is 14.9 Å². The molecule has 0 amide bonds. The van der Waals surface area contributed by atoms with Crippen LogP contribution in [0.2, 0.25) is 0 Å². The fourth-order valence-corrected chi connectivity index (χ4v) is 4.74. The Morgan fingerprint density at radius 2 is 1.85 bits per heavy atom. The van der Waals surface area contributed by atoms with Gasteiger partial charge in [-0.15, -0.1) is 0 Å². The Hall–Kier alpha value is -1.69. The number of nitrogens with one attached hydrogen (secondary N) is 1. The number of nitrogens with zero attached hydrogens (tertiary/aromatic N) is 1. The van der Waals surface area contributed by atoms with Crippen molar-refractivity contribution in [1.29, 1.82) is 0 Å². The minimum Gasteiger partial charge on any atom is -0.373 e. The molecule has 1 spiro atoms. The van der Waals surface area contributed by atoms with Crippen LogP contribution in [0.4, 0.5) is 13.2 Å². The quantitative estimate of drug-likeness (QED) is 0.762. The standard InChI is InChI=1S/C16H19F3N2O5S/c17-16(18,19)14(22)26-21(27(23,24)13-4-2-1-3-5-13)12-10-15(25-11-12)6-8-20-9-7-15/h1-5,12,20H,6-11H2/t12-/m0/s1. The average molecular weight is 408 g/mol. The molecule has 0 aliphatic carbocycles. The topological polar surface area (TPSA) is 84.9 Å². The second kappa shape index (κ2) is 7.38. The van der Waals surface area contributed by atoms with Gasteiger partial charge in [-0.25, -0.2) is 13.2 Å². The summed E-state index contributed by atoms with van der Waals surface area (Å²) in [5.41, 5.74) is -0.634. The number of halogens is 3. The fourth-order valence-electron chi connectivity index (χ4n) is 3.34. The third-order valence-corrected chi connectivity index (χ3v) is 6.40. The molecule has 1 atom stereocenters. The van der Waals surface area contributed by atoms with E-state index in [4.69, 9.17) is 4.74 Å². The number of benzene rings is 1. The highest BCUT2D eigenvalue weighted by Crippen LogP contribution is 2.38. The minimum absolute atomic E-state index is 0.145. The molecule has 11 heteroatoms. The van der Waals surface area contributed by atoms with Gasteiger partial charge >= 0.3 is 12.1 Å². The molecule has 0 unspecified atom stereocenters. The first kappa shape index (κ1) is 20.1. The molecule has 3 rings (SSSR count). The smallest absolute Gasteiger partial charge is 0.373 e. The average Bonchev–Trinajstić information content (AvgIpc) is 3.02. The predicted octanol–water partition coefficient (Wildman–Crippen LogP) is 1.61. The lowest BCUT2D eigenvalue weighted by molar-refractivity contribution is -0.227. The van der Waals surface area contributed by atoms with Gasteiger partial charge in [0.05, 0.1) is 23.1 Å². The van der Waals surface area contributed by atoms with Crippen LogP contribution >= 0.6 is 0 Å². The summed E-state index contributed by atoms with van der Waals surface area (Å²) in [5, 5.41) is 3.14. The molecule has 0 radical (unpaired) electrons. The lowest BCUT2D eigenvalue weighted by Crippen LogP contribution is -2.46. The summed E-state index contributed by atoms with van der Waals surface area (Å²) < 4.78 is 69.7. The lowest BCUT2D eigenvalue weighted by Gasteiger charge is -2.33. The number of piperidine rings is 1. The number of hydroxylamine groups is 1. The van der Waals surface area contributed by atoms with Crippen LogP contribution in [0.15, 0.2) is 35.2 Å². The molecule has 1 N–H and O–H groups in total. The van der Waals surface area contributed by atoms with Gasteiger partial charge in [-0.05, 0) is 49.0 Å². The van der Waals surface area contributed by atoms with E-state index in [0.717, 1.165) is 0 Å². The van der Waals surface area contributed by atoms with Crippen LogP contribution in [0, 0.1) is 0 Å². The predicted molar refractivity (Wildman–Crippen MR) is 86.8 cm³/mol. The van der Waals surface area contributed by atoms with Crippen molar-refractivity contribution < 1.29 is 36.0 Å². The Kier molecular flexibility index (Phi) is 5.48. The summed E-state index contributed by atoms with van der Waals surface area (Å²) in [6.07, 6.45) is -3.99. The van der Waals surface area contributed by atoms with Crippen molar-refractivity contribution in [2.24, 2.45) is 0 Å². The molecular formula is C16H19F3N2O5S. The van der Waals surface area contributed by atoms with Crippen LogP contribution in [0.25, 0.3) is 0 Å². The van der Waals surface area contributed by atoms with E-state index in [1.807, 2.05) is 0 Å². The van der Waals surface area contributed by atoms with E-state index in [-0.39, 0.29) is 22.4 Å². The maximum Gasteiger partial charge on any atom is 0.492 e.